The van der Waals surface area contributed by atoms with Crippen LogP contribution in [0.4, 0.5) is 0 Å². The predicted octanol–water partition coefficient (Wildman–Crippen LogP) is 1.12. The third-order valence-electron chi connectivity index (χ3n) is 3.72. The molecular formula is C16H22N2O4. The second-order valence-electron chi connectivity index (χ2n) is 5.11. The third-order valence-corrected chi connectivity index (χ3v) is 3.72. The Morgan fingerprint density at radius 2 is 1.91 bits per heavy atom. The second-order valence-corrected chi connectivity index (χ2v) is 5.11. The lowest BCUT2D eigenvalue weighted by atomic mass is 10.0. The van der Waals surface area contributed by atoms with Crippen LogP contribution in [0.15, 0.2) is 24.3 Å². The van der Waals surface area contributed by atoms with E-state index < -0.39 is 11.8 Å². The van der Waals surface area contributed by atoms with E-state index in [1.807, 2.05) is 31.2 Å². The summed E-state index contributed by atoms with van der Waals surface area (Å²) < 4.78 is 10.3. The molecule has 1 aromatic carbocycles. The van der Waals surface area contributed by atoms with Gasteiger partial charge in [-0.2, -0.15) is 0 Å². The van der Waals surface area contributed by atoms with E-state index in [2.05, 4.69) is 5.32 Å². The second kappa shape index (κ2) is 7.79. The minimum atomic E-state index is -0.565. The molecule has 0 unspecified atom stereocenters. The van der Waals surface area contributed by atoms with Crippen LogP contribution in [0.1, 0.15) is 24.9 Å². The molecule has 120 valence electrons. The molecule has 1 aromatic rings. The Kier molecular flexibility index (Phi) is 5.77. The van der Waals surface area contributed by atoms with Gasteiger partial charge in [0.1, 0.15) is 5.75 Å². The number of benzene rings is 1. The van der Waals surface area contributed by atoms with E-state index in [9.17, 15) is 9.59 Å². The first-order chi connectivity index (χ1) is 10.7. The Bertz CT molecular complexity index is 509. The van der Waals surface area contributed by atoms with E-state index in [1.165, 1.54) is 4.90 Å². The van der Waals surface area contributed by atoms with E-state index >= 15 is 0 Å². The average Bonchev–Trinajstić information content (AvgIpc) is 2.59. The van der Waals surface area contributed by atoms with Gasteiger partial charge in [-0.05, 0) is 24.1 Å². The van der Waals surface area contributed by atoms with Crippen LogP contribution in [0.2, 0.25) is 0 Å². The van der Waals surface area contributed by atoms with Crippen molar-refractivity contribution in [1.82, 2.24) is 10.2 Å². The van der Waals surface area contributed by atoms with Gasteiger partial charge in [0, 0.05) is 13.1 Å². The fraction of sp³-hybridized carbons (Fsp3) is 0.500. The Hall–Kier alpha value is -2.08. The largest absolute Gasteiger partial charge is 0.497 e. The molecule has 2 amide bonds. The van der Waals surface area contributed by atoms with Crippen LogP contribution in [0, 0.1) is 0 Å². The average molecular weight is 306 g/mol. The van der Waals surface area contributed by atoms with Crippen LogP contribution in [0.5, 0.6) is 5.75 Å². The lowest BCUT2D eigenvalue weighted by molar-refractivity contribution is -0.148. The van der Waals surface area contributed by atoms with Gasteiger partial charge in [-0.3, -0.25) is 9.59 Å². The maximum atomic E-state index is 12.1. The maximum absolute atomic E-state index is 12.1. The van der Waals surface area contributed by atoms with Crippen LogP contribution >= 0.6 is 0 Å². The number of nitrogens with zero attached hydrogens (tertiary/aromatic N) is 1. The van der Waals surface area contributed by atoms with Crippen molar-refractivity contribution >= 4 is 11.8 Å². The molecule has 6 nitrogen and oxygen atoms in total. The SMILES string of the molecule is CC[C@H](NC(=O)C(=O)N1CCOCC1)c1ccc(OC)cc1. The van der Waals surface area contributed by atoms with Crippen molar-refractivity contribution in [1.29, 1.82) is 0 Å². The fourth-order valence-corrected chi connectivity index (χ4v) is 2.39. The number of carbonyl (C=O) groups is 2. The van der Waals surface area contributed by atoms with Gasteiger partial charge >= 0.3 is 11.8 Å². The van der Waals surface area contributed by atoms with E-state index in [0.717, 1.165) is 11.3 Å². The molecule has 0 saturated carbocycles. The number of hydrogen-bond donors (Lipinski definition) is 1. The maximum Gasteiger partial charge on any atom is 0.312 e. The van der Waals surface area contributed by atoms with Gasteiger partial charge in [0.05, 0.1) is 26.4 Å². The molecule has 1 saturated heterocycles. The quantitative estimate of drug-likeness (QED) is 0.847. The standard InChI is InChI=1S/C16H22N2O4/c1-3-14(12-4-6-13(21-2)7-5-12)17-15(19)16(20)18-8-10-22-11-9-18/h4-7,14H,3,8-11H2,1-2H3,(H,17,19)/t14-/m0/s1. The molecular weight excluding hydrogens is 284 g/mol. The Labute approximate surface area is 130 Å². The van der Waals surface area contributed by atoms with E-state index in [1.54, 1.807) is 7.11 Å². The summed E-state index contributed by atoms with van der Waals surface area (Å²) in [6.45, 7) is 3.86. The lowest BCUT2D eigenvalue weighted by Crippen LogP contribution is -2.48. The molecule has 1 aliphatic heterocycles. The van der Waals surface area contributed by atoms with Gasteiger partial charge in [-0.25, -0.2) is 0 Å². The van der Waals surface area contributed by atoms with Crippen molar-refractivity contribution in [3.8, 4) is 5.75 Å². The molecule has 6 heteroatoms. The van der Waals surface area contributed by atoms with Crippen LogP contribution in [-0.2, 0) is 14.3 Å². The van der Waals surface area contributed by atoms with Gasteiger partial charge in [-0.1, -0.05) is 19.1 Å². The number of rotatable bonds is 4. The molecule has 1 atom stereocenters. The normalized spacial score (nSPS) is 16.0. The zero-order valence-corrected chi connectivity index (χ0v) is 13.0. The summed E-state index contributed by atoms with van der Waals surface area (Å²) in [5.41, 5.74) is 0.950. The zero-order valence-electron chi connectivity index (χ0n) is 13.0. The summed E-state index contributed by atoms with van der Waals surface area (Å²) in [6, 6.07) is 7.28. The highest BCUT2D eigenvalue weighted by Crippen LogP contribution is 2.20. The topological polar surface area (TPSA) is 67.9 Å². The molecule has 22 heavy (non-hydrogen) atoms. The lowest BCUT2D eigenvalue weighted by Gasteiger charge is -2.27. The number of carbonyl (C=O) groups excluding carboxylic acids is 2. The minimum absolute atomic E-state index is 0.191. The van der Waals surface area contributed by atoms with Crippen LogP contribution in [0.25, 0.3) is 0 Å². The smallest absolute Gasteiger partial charge is 0.312 e. The van der Waals surface area contributed by atoms with E-state index in [4.69, 9.17) is 9.47 Å². The first-order valence-corrected chi connectivity index (χ1v) is 7.47. The number of nitrogens with one attached hydrogen (secondary N) is 1. The number of methoxy groups -OCH3 is 1. The monoisotopic (exact) mass is 306 g/mol. The highest BCUT2D eigenvalue weighted by molar-refractivity contribution is 6.35. The fourth-order valence-electron chi connectivity index (χ4n) is 2.39. The predicted molar refractivity (Wildman–Crippen MR) is 81.6 cm³/mol. The summed E-state index contributed by atoms with van der Waals surface area (Å²) in [4.78, 5) is 25.8. The van der Waals surface area contributed by atoms with Crippen molar-refractivity contribution in [2.24, 2.45) is 0 Å². The third kappa shape index (κ3) is 3.98. The first kappa shape index (κ1) is 16.3. The van der Waals surface area contributed by atoms with Crippen molar-refractivity contribution in [3.63, 3.8) is 0 Å². The zero-order chi connectivity index (χ0) is 15.9. The molecule has 1 aliphatic rings. The Balaban J connectivity index is 1.98. The summed E-state index contributed by atoms with van der Waals surface area (Å²) >= 11 is 0. The van der Waals surface area contributed by atoms with Crippen molar-refractivity contribution in [2.75, 3.05) is 33.4 Å². The minimum Gasteiger partial charge on any atom is -0.497 e. The van der Waals surface area contributed by atoms with Crippen LogP contribution in [0.3, 0.4) is 0 Å². The molecule has 0 aliphatic carbocycles. The molecule has 1 fully saturated rings. The summed E-state index contributed by atoms with van der Waals surface area (Å²) in [5, 5.41) is 2.81. The molecule has 0 bridgehead atoms. The first-order valence-electron chi connectivity index (χ1n) is 7.47. The van der Waals surface area contributed by atoms with E-state index in [0.29, 0.717) is 32.7 Å². The molecule has 1 heterocycles. The van der Waals surface area contributed by atoms with Crippen molar-refractivity contribution < 1.29 is 19.1 Å². The van der Waals surface area contributed by atoms with Gasteiger partial charge in [0.15, 0.2) is 0 Å². The molecule has 0 aromatic heterocycles. The summed E-state index contributed by atoms with van der Waals surface area (Å²) in [5.74, 6) is -0.297. The van der Waals surface area contributed by atoms with Gasteiger partial charge < -0.3 is 19.7 Å². The van der Waals surface area contributed by atoms with Crippen LogP contribution < -0.4 is 10.1 Å². The van der Waals surface area contributed by atoms with Gasteiger partial charge in [-0.15, -0.1) is 0 Å². The molecule has 2 rings (SSSR count). The molecule has 0 radical (unpaired) electrons. The van der Waals surface area contributed by atoms with Crippen molar-refractivity contribution in [3.05, 3.63) is 29.8 Å². The summed E-state index contributed by atoms with van der Waals surface area (Å²) in [6.07, 6.45) is 0.703. The highest BCUT2D eigenvalue weighted by Gasteiger charge is 2.25. The van der Waals surface area contributed by atoms with Gasteiger partial charge in [0.2, 0.25) is 0 Å². The molecule has 0 spiro atoms. The van der Waals surface area contributed by atoms with Crippen molar-refractivity contribution in [2.45, 2.75) is 19.4 Å². The van der Waals surface area contributed by atoms with Gasteiger partial charge in [0.25, 0.3) is 0 Å². The van der Waals surface area contributed by atoms with E-state index in [-0.39, 0.29) is 6.04 Å². The summed E-state index contributed by atoms with van der Waals surface area (Å²) in [7, 11) is 1.61. The number of amides is 2. The highest BCUT2D eigenvalue weighted by atomic mass is 16.5. The Morgan fingerprint density at radius 1 is 1.27 bits per heavy atom. The molecule has 1 N–H and O–H groups in total. The number of hydrogen-bond acceptors (Lipinski definition) is 4. The number of ether oxygens (including phenoxy) is 2. The number of morpholine rings is 1. The van der Waals surface area contributed by atoms with Crippen LogP contribution in [-0.4, -0.2) is 50.1 Å². The Morgan fingerprint density at radius 3 is 2.45 bits per heavy atom.